The van der Waals surface area contributed by atoms with E-state index in [1.165, 1.54) is 5.56 Å². The van der Waals surface area contributed by atoms with E-state index < -0.39 is 0 Å². The minimum atomic E-state index is -0.369. The summed E-state index contributed by atoms with van der Waals surface area (Å²) in [5.74, 6) is -0.369. The molecule has 0 aliphatic carbocycles. The topological polar surface area (TPSA) is 59.6 Å². The molecule has 1 aliphatic rings. The molecule has 0 bridgehead atoms. The molecule has 124 valence electrons. The van der Waals surface area contributed by atoms with Crippen LogP contribution in [0.3, 0.4) is 0 Å². The zero-order valence-electron chi connectivity index (χ0n) is 13.6. The molecular weight excluding hydrogens is 312 g/mol. The number of carbonyl (C=O) groups is 1. The van der Waals surface area contributed by atoms with Crippen molar-refractivity contribution in [2.24, 2.45) is 0 Å². The largest absolute Gasteiger partial charge is 0.460 e. The van der Waals surface area contributed by atoms with Gasteiger partial charge in [-0.25, -0.2) is 4.79 Å². The zero-order valence-corrected chi connectivity index (χ0v) is 14.5. The number of esters is 1. The monoisotopic (exact) mass is 334 g/mol. The maximum absolute atomic E-state index is 12.4. The van der Waals surface area contributed by atoms with E-state index in [-0.39, 0.29) is 18.6 Å². The molecule has 0 spiro atoms. The van der Waals surface area contributed by atoms with Crippen LogP contribution in [0, 0.1) is 0 Å². The van der Waals surface area contributed by atoms with Crippen molar-refractivity contribution >= 4 is 23.3 Å². The lowest BCUT2D eigenvalue weighted by Crippen LogP contribution is -2.45. The van der Waals surface area contributed by atoms with Gasteiger partial charge in [0.2, 0.25) is 0 Å². The van der Waals surface area contributed by atoms with Crippen LogP contribution < -0.4 is 10.6 Å². The van der Waals surface area contributed by atoms with Crippen molar-refractivity contribution < 1.29 is 14.3 Å². The Morgan fingerprint density at radius 3 is 2.57 bits per heavy atom. The van der Waals surface area contributed by atoms with Crippen LogP contribution in [0.15, 0.2) is 35.5 Å². The predicted molar refractivity (Wildman–Crippen MR) is 93.0 cm³/mol. The number of aryl methyl sites for hydroxylation is 1. The Morgan fingerprint density at radius 1 is 1.26 bits per heavy atom. The minimum Gasteiger partial charge on any atom is -0.460 e. The Hall–Kier alpha value is -1.92. The van der Waals surface area contributed by atoms with E-state index in [1.54, 1.807) is 7.11 Å². The van der Waals surface area contributed by atoms with E-state index in [1.807, 2.05) is 19.1 Å². The van der Waals surface area contributed by atoms with Crippen molar-refractivity contribution in [3.8, 4) is 0 Å². The third-order valence-electron chi connectivity index (χ3n) is 3.73. The highest BCUT2D eigenvalue weighted by molar-refractivity contribution is 7.80. The highest BCUT2D eigenvalue weighted by atomic mass is 32.1. The van der Waals surface area contributed by atoms with Gasteiger partial charge in [0.25, 0.3) is 0 Å². The number of benzene rings is 1. The van der Waals surface area contributed by atoms with E-state index >= 15 is 0 Å². The molecule has 1 aromatic carbocycles. The van der Waals surface area contributed by atoms with Gasteiger partial charge in [0.1, 0.15) is 6.61 Å². The van der Waals surface area contributed by atoms with Gasteiger partial charge < -0.3 is 20.1 Å². The zero-order chi connectivity index (χ0) is 16.8. The predicted octanol–water partition coefficient (Wildman–Crippen LogP) is 2.23. The SMILES string of the molecule is CCc1ccc([C@H]2NC(=S)NC(C)=C2C(=O)OCCOC)cc1. The van der Waals surface area contributed by atoms with Crippen molar-refractivity contribution in [1.29, 1.82) is 0 Å². The number of thiocarbonyl (C=S) groups is 1. The summed E-state index contributed by atoms with van der Waals surface area (Å²) < 4.78 is 10.2. The quantitative estimate of drug-likeness (QED) is 0.473. The first kappa shape index (κ1) is 17.4. The second-order valence-electron chi connectivity index (χ2n) is 5.29. The van der Waals surface area contributed by atoms with Gasteiger partial charge in [-0.2, -0.15) is 0 Å². The maximum Gasteiger partial charge on any atom is 0.338 e. The van der Waals surface area contributed by atoms with E-state index in [4.69, 9.17) is 21.7 Å². The Labute approximate surface area is 142 Å². The number of hydrogen-bond acceptors (Lipinski definition) is 4. The molecule has 1 heterocycles. The maximum atomic E-state index is 12.4. The number of nitrogens with one attached hydrogen (secondary N) is 2. The Balaban J connectivity index is 2.27. The van der Waals surface area contributed by atoms with Gasteiger partial charge in [0.05, 0.1) is 18.2 Å². The standard InChI is InChI=1S/C17H22N2O3S/c1-4-12-5-7-13(8-6-12)15-14(11(2)18-17(23)19-15)16(20)22-10-9-21-3/h5-8,15H,4,9-10H2,1-3H3,(H2,18,19,23)/t15-/m1/s1. The molecule has 1 aliphatic heterocycles. The lowest BCUT2D eigenvalue weighted by Gasteiger charge is -2.30. The molecule has 1 aromatic rings. The molecule has 1 atom stereocenters. The highest BCUT2D eigenvalue weighted by Crippen LogP contribution is 2.27. The molecular formula is C17H22N2O3S. The fraction of sp³-hybridized carbons (Fsp3) is 0.412. The van der Waals surface area contributed by atoms with Crippen LogP contribution in [-0.4, -0.2) is 31.4 Å². The Morgan fingerprint density at radius 2 is 1.96 bits per heavy atom. The summed E-state index contributed by atoms with van der Waals surface area (Å²) in [6.45, 7) is 4.52. The molecule has 2 N–H and O–H groups in total. The first-order valence-electron chi connectivity index (χ1n) is 7.60. The first-order valence-corrected chi connectivity index (χ1v) is 8.00. The van der Waals surface area contributed by atoms with Crippen LogP contribution in [0.1, 0.15) is 31.0 Å². The minimum absolute atomic E-state index is 0.220. The van der Waals surface area contributed by atoms with Crippen molar-refractivity contribution in [2.45, 2.75) is 26.3 Å². The Kier molecular flexibility index (Phi) is 6.12. The average molecular weight is 334 g/mol. The number of allylic oxidation sites excluding steroid dienone is 1. The third-order valence-corrected chi connectivity index (χ3v) is 3.95. The number of methoxy groups -OCH3 is 1. The van der Waals surface area contributed by atoms with E-state index in [9.17, 15) is 4.79 Å². The van der Waals surface area contributed by atoms with Crippen LogP contribution in [0.5, 0.6) is 0 Å². The second-order valence-corrected chi connectivity index (χ2v) is 5.70. The van der Waals surface area contributed by atoms with Gasteiger partial charge in [-0.05, 0) is 36.7 Å². The first-order chi connectivity index (χ1) is 11.1. The fourth-order valence-electron chi connectivity index (χ4n) is 2.46. The second kappa shape index (κ2) is 8.08. The van der Waals surface area contributed by atoms with E-state index in [2.05, 4.69) is 29.7 Å². The summed E-state index contributed by atoms with van der Waals surface area (Å²) in [5.41, 5.74) is 3.47. The lowest BCUT2D eigenvalue weighted by molar-refractivity contribution is -0.140. The lowest BCUT2D eigenvalue weighted by atomic mass is 9.94. The van der Waals surface area contributed by atoms with Gasteiger partial charge in [-0.15, -0.1) is 0 Å². The molecule has 5 nitrogen and oxygen atoms in total. The molecule has 2 rings (SSSR count). The van der Waals surface area contributed by atoms with E-state index in [0.29, 0.717) is 23.0 Å². The van der Waals surface area contributed by atoms with Crippen LogP contribution >= 0.6 is 12.2 Å². The number of hydrogen-bond donors (Lipinski definition) is 2. The van der Waals surface area contributed by atoms with Gasteiger partial charge in [0.15, 0.2) is 5.11 Å². The molecule has 0 aromatic heterocycles. The summed E-state index contributed by atoms with van der Waals surface area (Å²) in [6.07, 6.45) is 0.971. The summed E-state index contributed by atoms with van der Waals surface area (Å²) in [5, 5.41) is 6.64. The third kappa shape index (κ3) is 4.30. The number of rotatable bonds is 6. The molecule has 23 heavy (non-hydrogen) atoms. The number of ether oxygens (including phenoxy) is 2. The molecule has 0 amide bonds. The van der Waals surface area contributed by atoms with Gasteiger partial charge in [0, 0.05) is 12.8 Å². The van der Waals surface area contributed by atoms with Crippen LogP contribution in [0.2, 0.25) is 0 Å². The smallest absolute Gasteiger partial charge is 0.338 e. The molecule has 6 heteroatoms. The molecule has 0 radical (unpaired) electrons. The summed E-state index contributed by atoms with van der Waals surface area (Å²) >= 11 is 5.23. The van der Waals surface area contributed by atoms with Crippen molar-refractivity contribution in [2.75, 3.05) is 20.3 Å². The van der Waals surface area contributed by atoms with Crippen LogP contribution in [0.25, 0.3) is 0 Å². The summed E-state index contributed by atoms with van der Waals surface area (Å²) in [6, 6.07) is 7.83. The molecule has 0 fully saturated rings. The molecule has 0 saturated heterocycles. The molecule has 0 saturated carbocycles. The Bertz CT molecular complexity index is 611. The molecule has 0 unspecified atom stereocenters. The van der Waals surface area contributed by atoms with Gasteiger partial charge in [-0.1, -0.05) is 31.2 Å². The fourth-order valence-corrected chi connectivity index (χ4v) is 2.73. The van der Waals surface area contributed by atoms with Crippen molar-refractivity contribution in [3.63, 3.8) is 0 Å². The van der Waals surface area contributed by atoms with E-state index in [0.717, 1.165) is 12.0 Å². The number of carbonyl (C=O) groups excluding carboxylic acids is 1. The van der Waals surface area contributed by atoms with Crippen molar-refractivity contribution in [3.05, 3.63) is 46.7 Å². The highest BCUT2D eigenvalue weighted by Gasteiger charge is 2.30. The average Bonchev–Trinajstić information content (AvgIpc) is 2.54. The van der Waals surface area contributed by atoms with Crippen LogP contribution in [-0.2, 0) is 20.7 Å². The van der Waals surface area contributed by atoms with Crippen molar-refractivity contribution in [1.82, 2.24) is 10.6 Å². The van der Waals surface area contributed by atoms with Crippen LogP contribution in [0.4, 0.5) is 0 Å². The summed E-state index contributed by atoms with van der Waals surface area (Å²) in [4.78, 5) is 12.4. The summed E-state index contributed by atoms with van der Waals surface area (Å²) in [7, 11) is 1.57. The normalized spacial score (nSPS) is 17.5. The van der Waals surface area contributed by atoms with Gasteiger partial charge in [-0.3, -0.25) is 0 Å². The van der Waals surface area contributed by atoms with Gasteiger partial charge >= 0.3 is 5.97 Å².